The van der Waals surface area contributed by atoms with Crippen molar-refractivity contribution in [3.05, 3.63) is 44.8 Å². The topological polar surface area (TPSA) is 56.2 Å². The molecule has 2 aliphatic heterocycles. The summed E-state index contributed by atoms with van der Waals surface area (Å²) in [6.45, 7) is 5.08. The number of hydrogen-bond donors (Lipinski definition) is 0. The fourth-order valence-corrected chi connectivity index (χ4v) is 5.21. The maximum atomic E-state index is 13.1. The summed E-state index contributed by atoms with van der Waals surface area (Å²) in [5.41, 5.74) is 0.986. The highest BCUT2D eigenvalue weighted by Crippen LogP contribution is 2.36. The highest BCUT2D eigenvalue weighted by molar-refractivity contribution is 7.12. The van der Waals surface area contributed by atoms with Gasteiger partial charge in [0.05, 0.1) is 23.2 Å². The van der Waals surface area contributed by atoms with E-state index >= 15 is 0 Å². The Morgan fingerprint density at radius 3 is 2.46 bits per heavy atom. The SMILES string of the molecule is CCC(=O)N1CCN(CC(=O)N2N=C(c3cccs3)CC2c2cccs2)CC1. The Bertz CT molecular complexity index is 840. The van der Waals surface area contributed by atoms with E-state index < -0.39 is 0 Å². The van der Waals surface area contributed by atoms with Gasteiger partial charge in [0.15, 0.2) is 0 Å². The van der Waals surface area contributed by atoms with E-state index in [1.807, 2.05) is 34.7 Å². The number of hydrogen-bond acceptors (Lipinski definition) is 6. The van der Waals surface area contributed by atoms with Crippen LogP contribution in [0.15, 0.2) is 40.1 Å². The zero-order valence-corrected chi connectivity index (χ0v) is 17.5. The fraction of sp³-hybridized carbons (Fsp3) is 0.450. The highest BCUT2D eigenvalue weighted by atomic mass is 32.1. The molecule has 8 heteroatoms. The van der Waals surface area contributed by atoms with Gasteiger partial charge in [0.1, 0.15) is 0 Å². The van der Waals surface area contributed by atoms with Crippen LogP contribution in [0.1, 0.15) is 35.6 Å². The normalized spacial score (nSPS) is 20.5. The van der Waals surface area contributed by atoms with Crippen LogP contribution in [0, 0.1) is 0 Å². The van der Waals surface area contributed by atoms with E-state index in [0.29, 0.717) is 26.1 Å². The third-order valence-electron chi connectivity index (χ3n) is 5.23. The number of rotatable bonds is 5. The van der Waals surface area contributed by atoms with Crippen molar-refractivity contribution in [1.29, 1.82) is 0 Å². The third-order valence-corrected chi connectivity index (χ3v) is 7.12. The molecule has 0 N–H and O–H groups in total. The summed E-state index contributed by atoms with van der Waals surface area (Å²) in [5.74, 6) is 0.216. The first-order chi connectivity index (χ1) is 13.7. The molecule has 4 rings (SSSR count). The minimum Gasteiger partial charge on any atom is -0.340 e. The Kier molecular flexibility index (Phi) is 5.89. The van der Waals surface area contributed by atoms with E-state index in [1.54, 1.807) is 27.7 Å². The van der Waals surface area contributed by atoms with Gasteiger partial charge in [-0.1, -0.05) is 19.1 Å². The van der Waals surface area contributed by atoms with Crippen molar-refractivity contribution in [2.45, 2.75) is 25.8 Å². The van der Waals surface area contributed by atoms with Gasteiger partial charge in [0, 0.05) is 43.9 Å². The molecule has 148 valence electrons. The molecule has 0 saturated carbocycles. The maximum Gasteiger partial charge on any atom is 0.257 e. The van der Waals surface area contributed by atoms with E-state index in [1.165, 1.54) is 4.88 Å². The second-order valence-electron chi connectivity index (χ2n) is 7.01. The van der Waals surface area contributed by atoms with Gasteiger partial charge < -0.3 is 4.90 Å². The second-order valence-corrected chi connectivity index (χ2v) is 8.94. The zero-order chi connectivity index (χ0) is 19.5. The molecular formula is C20H24N4O2S2. The van der Waals surface area contributed by atoms with Crippen LogP contribution in [0.3, 0.4) is 0 Å². The lowest BCUT2D eigenvalue weighted by Gasteiger charge is -2.35. The van der Waals surface area contributed by atoms with Gasteiger partial charge in [-0.15, -0.1) is 22.7 Å². The van der Waals surface area contributed by atoms with Gasteiger partial charge in [-0.3, -0.25) is 14.5 Å². The van der Waals surface area contributed by atoms with Gasteiger partial charge in [-0.2, -0.15) is 5.10 Å². The van der Waals surface area contributed by atoms with Crippen LogP contribution in [0.2, 0.25) is 0 Å². The first kappa shape index (κ1) is 19.3. The van der Waals surface area contributed by atoms with E-state index in [4.69, 9.17) is 5.10 Å². The molecule has 4 heterocycles. The van der Waals surface area contributed by atoms with Crippen molar-refractivity contribution in [1.82, 2.24) is 14.8 Å². The summed E-state index contributed by atoms with van der Waals surface area (Å²) in [5, 5.41) is 10.5. The van der Waals surface area contributed by atoms with Crippen LogP contribution in [0.5, 0.6) is 0 Å². The van der Waals surface area contributed by atoms with Crippen molar-refractivity contribution < 1.29 is 9.59 Å². The Labute approximate surface area is 173 Å². The monoisotopic (exact) mass is 416 g/mol. The van der Waals surface area contributed by atoms with Gasteiger partial charge >= 0.3 is 0 Å². The molecule has 1 atom stereocenters. The molecule has 0 bridgehead atoms. The zero-order valence-electron chi connectivity index (χ0n) is 15.9. The summed E-state index contributed by atoms with van der Waals surface area (Å²) in [7, 11) is 0. The first-order valence-electron chi connectivity index (χ1n) is 9.62. The van der Waals surface area contributed by atoms with Gasteiger partial charge in [-0.25, -0.2) is 5.01 Å². The lowest BCUT2D eigenvalue weighted by Crippen LogP contribution is -2.51. The third kappa shape index (κ3) is 4.04. The molecule has 2 aromatic heterocycles. The lowest BCUT2D eigenvalue weighted by atomic mass is 10.1. The van der Waals surface area contributed by atoms with Crippen molar-refractivity contribution in [2.24, 2.45) is 5.10 Å². The average molecular weight is 417 g/mol. The smallest absolute Gasteiger partial charge is 0.257 e. The predicted molar refractivity (Wildman–Crippen MR) is 113 cm³/mol. The quantitative estimate of drug-likeness (QED) is 0.753. The van der Waals surface area contributed by atoms with Crippen molar-refractivity contribution in [3.63, 3.8) is 0 Å². The lowest BCUT2D eigenvalue weighted by molar-refractivity contribution is -0.136. The van der Waals surface area contributed by atoms with E-state index in [-0.39, 0.29) is 17.9 Å². The van der Waals surface area contributed by atoms with Crippen LogP contribution >= 0.6 is 22.7 Å². The van der Waals surface area contributed by atoms with Crippen molar-refractivity contribution in [3.8, 4) is 0 Å². The fourth-order valence-electron chi connectivity index (χ4n) is 3.68. The van der Waals surface area contributed by atoms with Crippen LogP contribution in [0.25, 0.3) is 0 Å². The Balaban J connectivity index is 1.44. The summed E-state index contributed by atoms with van der Waals surface area (Å²) in [6.07, 6.45) is 1.29. The maximum absolute atomic E-state index is 13.1. The number of amides is 2. The van der Waals surface area contributed by atoms with Gasteiger partial charge in [0.25, 0.3) is 5.91 Å². The highest BCUT2D eigenvalue weighted by Gasteiger charge is 2.35. The van der Waals surface area contributed by atoms with Gasteiger partial charge in [0.2, 0.25) is 5.91 Å². The Morgan fingerprint density at radius 2 is 1.82 bits per heavy atom. The minimum atomic E-state index is -0.0208. The molecular weight excluding hydrogens is 392 g/mol. The first-order valence-corrected chi connectivity index (χ1v) is 11.4. The molecule has 2 amide bonds. The van der Waals surface area contributed by atoms with Crippen LogP contribution < -0.4 is 0 Å². The number of piperazine rings is 1. The molecule has 28 heavy (non-hydrogen) atoms. The molecule has 0 aliphatic carbocycles. The summed E-state index contributed by atoms with van der Waals surface area (Å²) < 4.78 is 0. The number of carbonyl (C=O) groups excluding carboxylic acids is 2. The molecule has 2 aromatic rings. The van der Waals surface area contributed by atoms with Crippen LogP contribution in [0.4, 0.5) is 0 Å². The molecule has 1 fully saturated rings. The molecule has 0 aromatic carbocycles. The number of carbonyl (C=O) groups is 2. The molecule has 1 saturated heterocycles. The minimum absolute atomic E-state index is 0.0208. The van der Waals surface area contributed by atoms with E-state index in [0.717, 1.165) is 30.1 Å². The summed E-state index contributed by atoms with van der Waals surface area (Å²) in [4.78, 5) is 31.3. The van der Waals surface area contributed by atoms with E-state index in [9.17, 15) is 9.59 Å². The standard InChI is InChI=1S/C20H24N4O2S2/c1-2-19(25)23-9-7-22(8-10-23)14-20(26)24-16(18-6-4-12-28-18)13-15(21-24)17-5-3-11-27-17/h3-6,11-12,16H,2,7-10,13-14H2,1H3. The van der Waals surface area contributed by atoms with Crippen LogP contribution in [-0.2, 0) is 9.59 Å². The molecule has 0 radical (unpaired) electrons. The molecule has 1 unspecified atom stereocenters. The van der Waals surface area contributed by atoms with Crippen LogP contribution in [-0.4, -0.2) is 65.1 Å². The average Bonchev–Trinajstić information content (AvgIpc) is 3.48. The van der Waals surface area contributed by atoms with Gasteiger partial charge in [-0.05, 0) is 22.9 Å². The molecule has 2 aliphatic rings. The van der Waals surface area contributed by atoms with E-state index in [2.05, 4.69) is 17.0 Å². The molecule has 0 spiro atoms. The summed E-state index contributed by atoms with van der Waals surface area (Å²) >= 11 is 3.33. The summed E-state index contributed by atoms with van der Waals surface area (Å²) in [6, 6.07) is 8.16. The predicted octanol–water partition coefficient (Wildman–Crippen LogP) is 3.04. The largest absolute Gasteiger partial charge is 0.340 e. The number of nitrogens with zero attached hydrogens (tertiary/aromatic N) is 4. The Hall–Kier alpha value is -2.03. The van der Waals surface area contributed by atoms with Crippen molar-refractivity contribution in [2.75, 3.05) is 32.7 Å². The van der Waals surface area contributed by atoms with Crippen molar-refractivity contribution >= 4 is 40.2 Å². The molecule has 6 nitrogen and oxygen atoms in total. The number of thiophene rings is 2. The number of hydrazone groups is 1. The Morgan fingerprint density at radius 1 is 1.07 bits per heavy atom. The second kappa shape index (κ2) is 8.55.